The second-order valence-electron chi connectivity index (χ2n) is 6.68. The molecule has 0 fully saturated rings. The molecule has 5 nitrogen and oxygen atoms in total. The molecular formula is C23H20F3NO4. The standard InChI is InChI=1S/C23H20F3NO4/c1-30-18-11-7-16(8-12-18)15-27-21(28)22(29,23(24,25)26)17-9-13-20(14-10-17)31-19-5-3-2-4-6-19/h2-14,29H,15H2,1H3,(H,27,28). The number of amides is 1. The third-order valence-corrected chi connectivity index (χ3v) is 4.60. The van der Waals surface area contributed by atoms with Crippen LogP contribution in [0, 0.1) is 0 Å². The first kappa shape index (κ1) is 22.2. The monoisotopic (exact) mass is 431 g/mol. The molecule has 1 atom stereocenters. The van der Waals surface area contributed by atoms with E-state index in [2.05, 4.69) is 5.32 Å². The van der Waals surface area contributed by atoms with Crippen LogP contribution in [0.15, 0.2) is 78.9 Å². The van der Waals surface area contributed by atoms with Crippen LogP contribution in [0.1, 0.15) is 11.1 Å². The lowest BCUT2D eigenvalue weighted by Gasteiger charge is -2.29. The van der Waals surface area contributed by atoms with Gasteiger partial charge in [-0.05, 0) is 42.0 Å². The maximum absolute atomic E-state index is 13.8. The summed E-state index contributed by atoms with van der Waals surface area (Å²) in [7, 11) is 1.48. The van der Waals surface area contributed by atoms with Gasteiger partial charge in [-0.1, -0.05) is 42.5 Å². The van der Waals surface area contributed by atoms with E-state index in [4.69, 9.17) is 9.47 Å². The Balaban J connectivity index is 1.78. The fourth-order valence-corrected chi connectivity index (χ4v) is 2.87. The van der Waals surface area contributed by atoms with Crippen LogP contribution in [0.4, 0.5) is 13.2 Å². The first-order valence-electron chi connectivity index (χ1n) is 9.28. The van der Waals surface area contributed by atoms with Gasteiger partial charge >= 0.3 is 6.18 Å². The van der Waals surface area contributed by atoms with Gasteiger partial charge in [0.25, 0.3) is 11.5 Å². The van der Waals surface area contributed by atoms with E-state index in [1.54, 1.807) is 54.6 Å². The van der Waals surface area contributed by atoms with E-state index in [1.807, 2.05) is 0 Å². The molecule has 8 heteroatoms. The number of halogens is 3. The van der Waals surface area contributed by atoms with Crippen LogP contribution in [0.3, 0.4) is 0 Å². The fourth-order valence-electron chi connectivity index (χ4n) is 2.87. The molecule has 0 aliphatic rings. The molecule has 1 unspecified atom stereocenters. The predicted molar refractivity (Wildman–Crippen MR) is 108 cm³/mol. The molecule has 0 bridgehead atoms. The summed E-state index contributed by atoms with van der Waals surface area (Å²) in [5.74, 6) is -0.246. The summed E-state index contributed by atoms with van der Waals surface area (Å²) in [5.41, 5.74) is -3.79. The zero-order valence-electron chi connectivity index (χ0n) is 16.5. The molecule has 31 heavy (non-hydrogen) atoms. The van der Waals surface area contributed by atoms with Gasteiger partial charge < -0.3 is 19.9 Å². The van der Waals surface area contributed by atoms with Gasteiger partial charge in [-0.3, -0.25) is 4.79 Å². The molecule has 0 saturated carbocycles. The van der Waals surface area contributed by atoms with Gasteiger partial charge in [0, 0.05) is 12.1 Å². The Morgan fingerprint density at radius 3 is 1.97 bits per heavy atom. The van der Waals surface area contributed by atoms with Crippen molar-refractivity contribution in [3.05, 3.63) is 90.0 Å². The number of rotatable bonds is 7. The van der Waals surface area contributed by atoms with E-state index in [1.165, 1.54) is 19.2 Å². The molecule has 1 amide bonds. The highest BCUT2D eigenvalue weighted by Crippen LogP contribution is 2.40. The van der Waals surface area contributed by atoms with E-state index in [0.29, 0.717) is 17.1 Å². The van der Waals surface area contributed by atoms with Crippen molar-refractivity contribution in [2.24, 2.45) is 0 Å². The zero-order chi connectivity index (χ0) is 22.5. The summed E-state index contributed by atoms with van der Waals surface area (Å²) in [5, 5.41) is 12.6. The Bertz CT molecular complexity index is 1010. The van der Waals surface area contributed by atoms with Crippen molar-refractivity contribution in [1.29, 1.82) is 0 Å². The highest BCUT2D eigenvalue weighted by Gasteiger charge is 2.60. The lowest BCUT2D eigenvalue weighted by Crippen LogP contribution is -2.54. The smallest absolute Gasteiger partial charge is 0.430 e. The number of aliphatic hydroxyl groups is 1. The van der Waals surface area contributed by atoms with Crippen LogP contribution in [-0.2, 0) is 16.9 Å². The van der Waals surface area contributed by atoms with Crippen LogP contribution in [0.25, 0.3) is 0 Å². The van der Waals surface area contributed by atoms with Crippen LogP contribution >= 0.6 is 0 Å². The SMILES string of the molecule is COc1ccc(CNC(=O)C(O)(c2ccc(Oc3ccccc3)cc2)C(F)(F)F)cc1. The normalized spacial score (nSPS) is 13.2. The van der Waals surface area contributed by atoms with Gasteiger partial charge in [0.2, 0.25) is 0 Å². The number of methoxy groups -OCH3 is 1. The molecule has 3 aromatic carbocycles. The highest BCUT2D eigenvalue weighted by atomic mass is 19.4. The Kier molecular flexibility index (Phi) is 6.50. The number of benzene rings is 3. The molecule has 0 saturated heterocycles. The molecule has 162 valence electrons. The average molecular weight is 431 g/mol. The predicted octanol–water partition coefficient (Wildman–Crippen LogP) is 4.55. The minimum Gasteiger partial charge on any atom is -0.497 e. The molecular weight excluding hydrogens is 411 g/mol. The fraction of sp³-hybridized carbons (Fsp3) is 0.174. The van der Waals surface area contributed by atoms with E-state index in [0.717, 1.165) is 12.1 Å². The molecule has 0 aromatic heterocycles. The molecule has 2 N–H and O–H groups in total. The van der Waals surface area contributed by atoms with Gasteiger partial charge in [0.1, 0.15) is 17.2 Å². The number of hydrogen-bond donors (Lipinski definition) is 2. The van der Waals surface area contributed by atoms with Gasteiger partial charge in [-0.2, -0.15) is 13.2 Å². The number of para-hydroxylation sites is 1. The first-order valence-corrected chi connectivity index (χ1v) is 9.28. The van der Waals surface area contributed by atoms with Gasteiger partial charge in [0.15, 0.2) is 0 Å². The zero-order valence-corrected chi connectivity index (χ0v) is 16.5. The van der Waals surface area contributed by atoms with Gasteiger partial charge in [-0.15, -0.1) is 0 Å². The van der Waals surface area contributed by atoms with Crippen molar-refractivity contribution in [3.8, 4) is 17.2 Å². The maximum Gasteiger partial charge on any atom is 0.430 e. The third kappa shape index (κ3) is 4.97. The number of nitrogens with one attached hydrogen (secondary N) is 1. The van der Waals surface area contributed by atoms with Gasteiger partial charge in [0.05, 0.1) is 7.11 Å². The topological polar surface area (TPSA) is 67.8 Å². The summed E-state index contributed by atoms with van der Waals surface area (Å²) in [6.07, 6.45) is -5.24. The molecule has 0 spiro atoms. The number of carbonyl (C=O) groups is 1. The summed E-state index contributed by atoms with van der Waals surface area (Å²) in [6.45, 7) is -0.198. The second-order valence-corrected chi connectivity index (χ2v) is 6.68. The number of carbonyl (C=O) groups excluding carboxylic acids is 1. The first-order chi connectivity index (χ1) is 14.7. The molecule has 0 radical (unpaired) electrons. The molecule has 3 aromatic rings. The van der Waals surface area contributed by atoms with Crippen molar-refractivity contribution < 1.29 is 32.5 Å². The Morgan fingerprint density at radius 2 is 1.42 bits per heavy atom. The molecule has 0 aliphatic carbocycles. The van der Waals surface area contributed by atoms with Crippen molar-refractivity contribution in [3.63, 3.8) is 0 Å². The van der Waals surface area contributed by atoms with Crippen molar-refractivity contribution in [2.45, 2.75) is 18.3 Å². The van der Waals surface area contributed by atoms with E-state index in [9.17, 15) is 23.1 Å². The van der Waals surface area contributed by atoms with Crippen LogP contribution < -0.4 is 14.8 Å². The second kappa shape index (κ2) is 9.09. The maximum atomic E-state index is 13.8. The Morgan fingerprint density at radius 1 is 0.871 bits per heavy atom. The highest BCUT2D eigenvalue weighted by molar-refractivity contribution is 5.87. The minimum absolute atomic E-state index is 0.198. The molecule has 0 heterocycles. The molecule has 0 aliphatic heterocycles. The van der Waals surface area contributed by atoms with Gasteiger partial charge in [-0.25, -0.2) is 0 Å². The number of hydrogen-bond acceptors (Lipinski definition) is 4. The van der Waals surface area contributed by atoms with E-state index >= 15 is 0 Å². The van der Waals surface area contributed by atoms with Crippen molar-refractivity contribution in [2.75, 3.05) is 7.11 Å². The summed E-state index contributed by atoms with van der Waals surface area (Å²) in [6, 6.07) is 19.6. The Hall–Kier alpha value is -3.52. The lowest BCUT2D eigenvalue weighted by molar-refractivity contribution is -0.257. The van der Waals surface area contributed by atoms with E-state index < -0.39 is 23.2 Å². The van der Waals surface area contributed by atoms with Crippen LogP contribution in [0.5, 0.6) is 17.2 Å². The quantitative estimate of drug-likeness (QED) is 0.576. The lowest BCUT2D eigenvalue weighted by atomic mass is 9.91. The number of alkyl halides is 3. The Labute approximate surface area is 177 Å². The molecule has 3 rings (SSSR count). The van der Waals surface area contributed by atoms with Crippen molar-refractivity contribution >= 4 is 5.91 Å². The minimum atomic E-state index is -5.24. The van der Waals surface area contributed by atoms with Crippen LogP contribution in [-0.4, -0.2) is 24.3 Å². The van der Waals surface area contributed by atoms with Crippen molar-refractivity contribution in [1.82, 2.24) is 5.32 Å². The van der Waals surface area contributed by atoms with E-state index in [-0.39, 0.29) is 12.3 Å². The average Bonchev–Trinajstić information content (AvgIpc) is 2.77. The summed E-state index contributed by atoms with van der Waals surface area (Å²) >= 11 is 0. The summed E-state index contributed by atoms with van der Waals surface area (Å²) in [4.78, 5) is 12.4. The largest absolute Gasteiger partial charge is 0.497 e. The summed E-state index contributed by atoms with van der Waals surface area (Å²) < 4.78 is 51.8. The number of ether oxygens (including phenoxy) is 2. The third-order valence-electron chi connectivity index (χ3n) is 4.60. The van der Waals surface area contributed by atoms with Crippen LogP contribution in [0.2, 0.25) is 0 Å².